The maximum absolute atomic E-state index is 12.6. The molecule has 2 amide bonds. The third-order valence-electron chi connectivity index (χ3n) is 8.83. The Morgan fingerprint density at radius 3 is 1.52 bits per heavy atom. The fourth-order valence-electron chi connectivity index (χ4n) is 6.07. The van der Waals surface area contributed by atoms with Gasteiger partial charge in [-0.1, -0.05) is 13.8 Å². The van der Waals surface area contributed by atoms with Crippen molar-refractivity contribution < 1.29 is 30.0 Å². The minimum atomic E-state index is -2.51. The van der Waals surface area contributed by atoms with Crippen LogP contribution >= 0.6 is 0 Å². The fraction of sp³-hybridized carbons (Fsp3) is 0.611. The van der Waals surface area contributed by atoms with Gasteiger partial charge in [0.2, 0.25) is 0 Å². The Labute approximate surface area is 306 Å². The molecule has 2 N–H and O–H groups in total. The van der Waals surface area contributed by atoms with Gasteiger partial charge in [-0.2, -0.15) is 0 Å². The van der Waals surface area contributed by atoms with Crippen LogP contribution in [-0.4, -0.2) is 115 Å². The van der Waals surface area contributed by atoms with Gasteiger partial charge in [-0.15, -0.1) is 0 Å². The Balaban J connectivity index is 0.000000221. The standard InChI is InChI=1S/2C18H27N5O2/c2*1-12-7-9-23(17(24)25-18(2,3)4)10-14(12)22(5)16-13-6-8-19-15(13)20-11-21-16/h2*6,8,11-12,14H,7,9-10H2,1-5H3,(H,19,20,21)/t12-,14+;/m1./s1/i2*5D3,11D. The first-order valence-corrected chi connectivity index (χ1v) is 16.9. The minimum Gasteiger partial charge on any atom is -0.444 e. The highest BCUT2D eigenvalue weighted by atomic mass is 16.6. The Morgan fingerprint density at radius 2 is 1.16 bits per heavy atom. The molecule has 50 heavy (non-hydrogen) atoms. The zero-order valence-corrected chi connectivity index (χ0v) is 30.1. The molecule has 272 valence electrons. The number of piperidine rings is 2. The summed E-state index contributed by atoms with van der Waals surface area (Å²) in [5.41, 5.74) is -0.462. The van der Waals surface area contributed by atoms with Gasteiger partial charge in [-0.3, -0.25) is 0 Å². The van der Waals surface area contributed by atoms with Gasteiger partial charge < -0.3 is 39.0 Å². The van der Waals surface area contributed by atoms with Crippen LogP contribution < -0.4 is 9.80 Å². The molecule has 4 aromatic heterocycles. The Hall–Kier alpha value is -4.62. The van der Waals surface area contributed by atoms with E-state index in [1.807, 2.05) is 13.8 Å². The number of aromatic amines is 2. The van der Waals surface area contributed by atoms with Crippen molar-refractivity contribution in [3.05, 3.63) is 37.1 Å². The summed E-state index contributed by atoms with van der Waals surface area (Å²) in [7, 11) is 0. The van der Waals surface area contributed by atoms with E-state index in [-0.39, 0.29) is 49.2 Å². The van der Waals surface area contributed by atoms with E-state index in [0.29, 0.717) is 48.0 Å². The van der Waals surface area contributed by atoms with Crippen molar-refractivity contribution in [3.63, 3.8) is 0 Å². The zero-order valence-electron chi connectivity index (χ0n) is 38.1. The van der Waals surface area contributed by atoms with Crippen LogP contribution in [0.5, 0.6) is 0 Å². The summed E-state index contributed by atoms with van der Waals surface area (Å²) in [6.45, 7) is 11.0. The first-order chi connectivity index (χ1) is 26.7. The average Bonchev–Trinajstić information content (AvgIpc) is 3.74. The smallest absolute Gasteiger partial charge is 0.410 e. The van der Waals surface area contributed by atoms with Gasteiger partial charge in [0, 0.05) is 60.7 Å². The van der Waals surface area contributed by atoms with Gasteiger partial charge in [0.05, 0.1) is 22.9 Å². The van der Waals surface area contributed by atoms with Crippen LogP contribution in [0.1, 0.15) is 79.2 Å². The van der Waals surface area contributed by atoms with Crippen LogP contribution in [0.2, 0.25) is 0 Å². The molecular formula is C36H54N10O4. The largest absolute Gasteiger partial charge is 0.444 e. The summed E-state index contributed by atoms with van der Waals surface area (Å²) in [6, 6.07) is 2.36. The molecule has 0 radical (unpaired) electrons. The number of carbonyl (C=O) groups is 2. The quantitative estimate of drug-likeness (QED) is 0.257. The highest BCUT2D eigenvalue weighted by Gasteiger charge is 2.36. The molecule has 4 atom stereocenters. The van der Waals surface area contributed by atoms with Crippen molar-refractivity contribution in [2.24, 2.45) is 11.8 Å². The number of rotatable bonds is 4. The van der Waals surface area contributed by atoms with Gasteiger partial charge in [-0.25, -0.2) is 29.5 Å². The maximum atomic E-state index is 12.6. The van der Waals surface area contributed by atoms with Gasteiger partial charge in [0.1, 0.15) is 49.5 Å². The summed E-state index contributed by atoms with van der Waals surface area (Å²) in [6.07, 6.45) is 3.07. The molecule has 14 heteroatoms. The van der Waals surface area contributed by atoms with Crippen LogP contribution in [0.25, 0.3) is 22.1 Å². The molecule has 6 rings (SSSR count). The molecule has 0 spiro atoms. The topological polar surface area (TPSA) is 149 Å². The van der Waals surface area contributed by atoms with Gasteiger partial charge in [0.15, 0.2) is 0 Å². The maximum Gasteiger partial charge on any atom is 0.410 e. The van der Waals surface area contributed by atoms with E-state index in [2.05, 4.69) is 29.9 Å². The predicted octanol–water partition coefficient (Wildman–Crippen LogP) is 6.08. The second-order valence-electron chi connectivity index (χ2n) is 15.0. The number of amides is 2. The van der Waals surface area contributed by atoms with E-state index in [0.717, 1.165) is 0 Å². The lowest BCUT2D eigenvalue weighted by molar-refractivity contribution is 0.0155. The lowest BCUT2D eigenvalue weighted by Crippen LogP contribution is -2.53. The number of likely N-dealkylation sites (tertiary alicyclic amines) is 2. The monoisotopic (exact) mass is 698 g/mol. The molecule has 2 fully saturated rings. The molecular weight excluding hydrogens is 636 g/mol. The molecule has 4 aromatic rings. The molecule has 0 saturated carbocycles. The Kier molecular flexibility index (Phi) is 7.98. The number of hydrogen-bond donors (Lipinski definition) is 2. The summed E-state index contributed by atoms with van der Waals surface area (Å²) >= 11 is 0. The lowest BCUT2D eigenvalue weighted by atomic mass is 9.92. The van der Waals surface area contributed by atoms with Crippen molar-refractivity contribution in [2.45, 2.75) is 91.5 Å². The van der Waals surface area contributed by atoms with Crippen LogP contribution in [-0.2, 0) is 9.47 Å². The molecule has 14 nitrogen and oxygen atoms in total. The Morgan fingerprint density at radius 1 is 0.760 bits per heavy atom. The fourth-order valence-corrected chi connectivity index (χ4v) is 6.07. The summed E-state index contributed by atoms with van der Waals surface area (Å²) < 4.78 is 75.7. The van der Waals surface area contributed by atoms with E-state index in [1.165, 1.54) is 9.80 Å². The minimum absolute atomic E-state index is 0.00717. The lowest BCUT2D eigenvalue weighted by Gasteiger charge is -2.42. The van der Waals surface area contributed by atoms with Crippen LogP contribution in [0.3, 0.4) is 0 Å². The molecule has 6 heterocycles. The number of anilines is 2. The Bertz CT molecular complexity index is 1930. The second kappa shape index (κ2) is 14.7. The number of ether oxygens (including phenoxy) is 2. The van der Waals surface area contributed by atoms with Gasteiger partial charge >= 0.3 is 12.2 Å². The van der Waals surface area contributed by atoms with Crippen molar-refractivity contribution in [2.75, 3.05) is 49.9 Å². The van der Waals surface area contributed by atoms with Crippen molar-refractivity contribution in [3.8, 4) is 0 Å². The third kappa shape index (κ3) is 8.56. The number of nitrogens with zero attached hydrogens (tertiary/aromatic N) is 8. The summed E-state index contributed by atoms with van der Waals surface area (Å²) in [5, 5.41) is 1.05. The molecule has 0 aliphatic carbocycles. The molecule has 0 bridgehead atoms. The SMILES string of the molecule is [2H]c1nc(N(C2CN(C(=O)OC(C)(C)C)CCC2C)C([2H])([2H])[2H])c2cc[nH]c2n1.[2H]c1nc(N([C@H]2CN(C(=O)OC(C)(C)C)CC[C@H]2C)C([2H])([2H])[2H])c2cc[nH]c2n1. The first-order valence-electron chi connectivity index (χ1n) is 20.9. The number of fused-ring (bicyclic) bond motifs is 2. The first kappa shape index (κ1) is 27.1. The van der Waals surface area contributed by atoms with E-state index >= 15 is 0 Å². The highest BCUT2D eigenvalue weighted by molar-refractivity contribution is 5.88. The number of carbonyl (C=O) groups excluding carboxylic acids is 2. The molecule has 2 aliphatic heterocycles. The third-order valence-corrected chi connectivity index (χ3v) is 8.83. The number of aromatic nitrogens is 6. The number of hydrogen-bond acceptors (Lipinski definition) is 10. The van der Waals surface area contributed by atoms with Crippen molar-refractivity contribution >= 4 is 45.9 Å². The van der Waals surface area contributed by atoms with Crippen LogP contribution in [0.4, 0.5) is 21.2 Å². The van der Waals surface area contributed by atoms with E-state index in [9.17, 15) is 9.59 Å². The van der Waals surface area contributed by atoms with E-state index in [4.69, 9.17) is 20.4 Å². The van der Waals surface area contributed by atoms with Crippen LogP contribution in [0, 0.1) is 11.8 Å². The second-order valence-corrected chi connectivity index (χ2v) is 15.0. The zero-order chi connectivity index (χ0) is 43.1. The van der Waals surface area contributed by atoms with E-state index in [1.54, 1.807) is 75.9 Å². The average molecular weight is 699 g/mol. The van der Waals surface area contributed by atoms with Crippen molar-refractivity contribution in [1.82, 2.24) is 39.7 Å². The molecule has 2 unspecified atom stereocenters. The number of likely N-dealkylation sites (N-methyl/N-ethyl adjacent to an activating group) is 2. The van der Waals surface area contributed by atoms with Gasteiger partial charge in [0.25, 0.3) is 0 Å². The van der Waals surface area contributed by atoms with Crippen LogP contribution in [0.15, 0.2) is 37.1 Å². The predicted molar refractivity (Wildman–Crippen MR) is 195 cm³/mol. The number of H-pyrrole nitrogens is 2. The normalized spacial score (nSPS) is 24.2. The van der Waals surface area contributed by atoms with Crippen molar-refractivity contribution in [1.29, 1.82) is 0 Å². The summed E-state index contributed by atoms with van der Waals surface area (Å²) in [4.78, 5) is 52.9. The highest BCUT2D eigenvalue weighted by Crippen LogP contribution is 2.31. The number of nitrogens with one attached hydrogen (secondary N) is 2. The molecule has 2 saturated heterocycles. The molecule has 2 aliphatic rings. The van der Waals surface area contributed by atoms with E-state index < -0.39 is 49.4 Å². The molecule has 0 aromatic carbocycles. The summed E-state index contributed by atoms with van der Waals surface area (Å²) in [5.74, 6) is 0.327. The van der Waals surface area contributed by atoms with Gasteiger partial charge in [-0.05, 0) is 78.4 Å².